The number of hydrogen-bond acceptors (Lipinski definition) is 3. The van der Waals surface area contributed by atoms with Gasteiger partial charge in [-0.2, -0.15) is 0 Å². The highest BCUT2D eigenvalue weighted by molar-refractivity contribution is 5.84. The summed E-state index contributed by atoms with van der Waals surface area (Å²) < 4.78 is 10.7. The summed E-state index contributed by atoms with van der Waals surface area (Å²) in [6.45, 7) is 1.03. The number of hydrogen-bond donors (Lipinski definition) is 1. The predicted octanol–water partition coefficient (Wildman–Crippen LogP) is 3.76. The fourth-order valence-electron chi connectivity index (χ4n) is 2.32. The fraction of sp³-hybridized carbons (Fsp3) is 0.235. The van der Waals surface area contributed by atoms with Gasteiger partial charge in [0, 0.05) is 5.69 Å². The minimum Gasteiger partial charge on any atom is -0.493 e. The van der Waals surface area contributed by atoms with Crippen LogP contribution in [0.25, 0.3) is 0 Å². The van der Waals surface area contributed by atoms with E-state index < -0.39 is 6.09 Å². The van der Waals surface area contributed by atoms with Gasteiger partial charge in [-0.3, -0.25) is 5.32 Å². The van der Waals surface area contributed by atoms with Crippen molar-refractivity contribution in [2.45, 2.75) is 19.4 Å². The van der Waals surface area contributed by atoms with Gasteiger partial charge in [-0.1, -0.05) is 30.3 Å². The minimum atomic E-state index is -0.449. The molecule has 1 heterocycles. The average Bonchev–Trinajstić information content (AvgIpc) is 2.54. The fourth-order valence-corrected chi connectivity index (χ4v) is 2.32. The third kappa shape index (κ3) is 3.54. The molecule has 0 radical (unpaired) electrons. The topological polar surface area (TPSA) is 47.6 Å². The molecule has 0 bridgehead atoms. The molecule has 3 rings (SSSR count). The van der Waals surface area contributed by atoms with E-state index in [0.29, 0.717) is 0 Å². The Morgan fingerprint density at radius 3 is 2.90 bits per heavy atom. The zero-order chi connectivity index (χ0) is 14.5. The summed E-state index contributed by atoms with van der Waals surface area (Å²) in [5.41, 5.74) is 2.82. The van der Waals surface area contributed by atoms with Crippen LogP contribution in [0.15, 0.2) is 48.5 Å². The summed E-state index contributed by atoms with van der Waals surface area (Å²) in [5, 5.41) is 2.75. The van der Waals surface area contributed by atoms with Gasteiger partial charge in [0.15, 0.2) is 0 Å². The van der Waals surface area contributed by atoms with Crippen molar-refractivity contribution in [1.29, 1.82) is 0 Å². The first-order valence-corrected chi connectivity index (χ1v) is 7.05. The Morgan fingerprint density at radius 1 is 1.19 bits per heavy atom. The third-order valence-corrected chi connectivity index (χ3v) is 3.37. The molecule has 0 saturated heterocycles. The van der Waals surface area contributed by atoms with E-state index in [-0.39, 0.29) is 6.61 Å². The van der Waals surface area contributed by atoms with Crippen LogP contribution in [0, 0.1) is 0 Å². The molecule has 108 valence electrons. The van der Waals surface area contributed by atoms with E-state index in [1.807, 2.05) is 48.5 Å². The lowest BCUT2D eigenvalue weighted by Gasteiger charge is -2.18. The molecule has 0 aliphatic carbocycles. The Morgan fingerprint density at radius 2 is 2.05 bits per heavy atom. The van der Waals surface area contributed by atoms with Gasteiger partial charge in [0.1, 0.15) is 12.4 Å². The Bertz CT molecular complexity index is 625. The Balaban J connectivity index is 1.57. The van der Waals surface area contributed by atoms with Crippen molar-refractivity contribution >= 4 is 11.8 Å². The van der Waals surface area contributed by atoms with Crippen LogP contribution in [0.4, 0.5) is 10.5 Å². The van der Waals surface area contributed by atoms with Gasteiger partial charge >= 0.3 is 6.09 Å². The van der Waals surface area contributed by atoms with E-state index in [1.54, 1.807) is 0 Å². The smallest absolute Gasteiger partial charge is 0.411 e. The first-order chi connectivity index (χ1) is 10.3. The van der Waals surface area contributed by atoms with E-state index >= 15 is 0 Å². The van der Waals surface area contributed by atoms with Crippen LogP contribution in [0.3, 0.4) is 0 Å². The number of fused-ring (bicyclic) bond motifs is 1. The largest absolute Gasteiger partial charge is 0.493 e. The van der Waals surface area contributed by atoms with E-state index in [1.165, 1.54) is 0 Å². The number of rotatable bonds is 3. The first kappa shape index (κ1) is 13.5. The molecule has 0 aromatic heterocycles. The van der Waals surface area contributed by atoms with Crippen molar-refractivity contribution in [2.75, 3.05) is 11.9 Å². The average molecular weight is 283 g/mol. The second-order valence-electron chi connectivity index (χ2n) is 4.96. The van der Waals surface area contributed by atoms with Crippen LogP contribution in [-0.2, 0) is 17.8 Å². The molecule has 0 spiro atoms. The summed E-state index contributed by atoms with van der Waals surface area (Å²) in [7, 11) is 0. The molecule has 1 aliphatic heterocycles. The van der Waals surface area contributed by atoms with Crippen molar-refractivity contribution in [2.24, 2.45) is 0 Å². The summed E-state index contributed by atoms with van der Waals surface area (Å²) in [6, 6.07) is 15.3. The molecule has 1 N–H and O–H groups in total. The van der Waals surface area contributed by atoms with Crippen molar-refractivity contribution in [3.63, 3.8) is 0 Å². The molecule has 0 saturated carbocycles. The number of nitrogens with one attached hydrogen (secondary N) is 1. The molecule has 0 fully saturated rings. The second kappa shape index (κ2) is 6.31. The predicted molar refractivity (Wildman–Crippen MR) is 80.5 cm³/mol. The zero-order valence-electron chi connectivity index (χ0n) is 11.7. The van der Waals surface area contributed by atoms with Gasteiger partial charge in [0.05, 0.1) is 6.61 Å². The Kier molecular flexibility index (Phi) is 4.05. The molecule has 2 aromatic carbocycles. The maximum absolute atomic E-state index is 11.8. The highest BCUT2D eigenvalue weighted by atomic mass is 16.5. The van der Waals surface area contributed by atoms with E-state index in [2.05, 4.69) is 5.32 Å². The highest BCUT2D eigenvalue weighted by Crippen LogP contribution is 2.27. The number of aryl methyl sites for hydroxylation is 1. The molecular weight excluding hydrogens is 266 g/mol. The van der Waals surface area contributed by atoms with Crippen molar-refractivity contribution in [1.82, 2.24) is 0 Å². The molecule has 4 heteroatoms. The quantitative estimate of drug-likeness (QED) is 0.933. The van der Waals surface area contributed by atoms with E-state index in [0.717, 1.165) is 42.0 Å². The molecule has 1 amide bonds. The number of benzene rings is 2. The van der Waals surface area contributed by atoms with Crippen LogP contribution < -0.4 is 10.1 Å². The monoisotopic (exact) mass is 283 g/mol. The lowest BCUT2D eigenvalue weighted by atomic mass is 10.1. The summed E-state index contributed by atoms with van der Waals surface area (Å²) in [6.07, 6.45) is 1.54. The standard InChI is InChI=1S/C17H17NO3/c19-17(21-12-13-5-2-1-3-6-13)18-15-8-9-16-14(11-15)7-4-10-20-16/h1-3,5-6,8-9,11H,4,7,10,12H2,(H,18,19). The second-order valence-corrected chi connectivity index (χ2v) is 4.96. The van der Waals surface area contributed by atoms with Crippen LogP contribution in [0.2, 0.25) is 0 Å². The van der Waals surface area contributed by atoms with Crippen LogP contribution >= 0.6 is 0 Å². The lowest BCUT2D eigenvalue weighted by molar-refractivity contribution is 0.155. The lowest BCUT2D eigenvalue weighted by Crippen LogP contribution is -2.14. The van der Waals surface area contributed by atoms with Crippen molar-refractivity contribution < 1.29 is 14.3 Å². The van der Waals surface area contributed by atoms with Crippen LogP contribution in [0.5, 0.6) is 5.75 Å². The van der Waals surface area contributed by atoms with Gasteiger partial charge in [-0.25, -0.2) is 4.79 Å². The Labute approximate surface area is 123 Å². The molecular formula is C17H17NO3. The van der Waals surface area contributed by atoms with Crippen LogP contribution in [0.1, 0.15) is 17.5 Å². The molecule has 2 aromatic rings. The first-order valence-electron chi connectivity index (χ1n) is 7.05. The number of amides is 1. The molecule has 0 unspecified atom stereocenters. The number of anilines is 1. The van der Waals surface area contributed by atoms with Crippen molar-refractivity contribution in [3.8, 4) is 5.75 Å². The normalized spacial score (nSPS) is 13.0. The highest BCUT2D eigenvalue weighted by Gasteiger charge is 2.12. The molecule has 4 nitrogen and oxygen atoms in total. The maximum Gasteiger partial charge on any atom is 0.411 e. The van der Waals surface area contributed by atoms with Gasteiger partial charge in [-0.15, -0.1) is 0 Å². The number of carbonyl (C=O) groups is 1. The molecule has 21 heavy (non-hydrogen) atoms. The Hall–Kier alpha value is -2.49. The molecule has 0 atom stereocenters. The third-order valence-electron chi connectivity index (χ3n) is 3.37. The van der Waals surface area contributed by atoms with Gasteiger partial charge in [-0.05, 0) is 42.2 Å². The van der Waals surface area contributed by atoms with Gasteiger partial charge in [0.25, 0.3) is 0 Å². The van der Waals surface area contributed by atoms with Crippen molar-refractivity contribution in [3.05, 3.63) is 59.7 Å². The summed E-state index contributed by atoms with van der Waals surface area (Å²) >= 11 is 0. The van der Waals surface area contributed by atoms with E-state index in [9.17, 15) is 4.79 Å². The maximum atomic E-state index is 11.8. The summed E-state index contributed by atoms with van der Waals surface area (Å²) in [4.78, 5) is 11.8. The van der Waals surface area contributed by atoms with Crippen LogP contribution in [-0.4, -0.2) is 12.7 Å². The minimum absolute atomic E-state index is 0.265. The number of carbonyl (C=O) groups excluding carboxylic acids is 1. The summed E-state index contributed by atoms with van der Waals surface area (Å²) in [5.74, 6) is 0.907. The molecule has 1 aliphatic rings. The number of ether oxygens (including phenoxy) is 2. The zero-order valence-corrected chi connectivity index (χ0v) is 11.7. The van der Waals surface area contributed by atoms with E-state index in [4.69, 9.17) is 9.47 Å². The van der Waals surface area contributed by atoms with Gasteiger partial charge in [0.2, 0.25) is 0 Å². The SMILES string of the molecule is O=C(Nc1ccc2c(c1)CCCO2)OCc1ccccc1. The van der Waals surface area contributed by atoms with Gasteiger partial charge < -0.3 is 9.47 Å².